The molecular weight excluding hydrogens is 278 g/mol. The lowest BCUT2D eigenvalue weighted by Gasteiger charge is -2.58. The van der Waals surface area contributed by atoms with E-state index in [0.717, 1.165) is 19.6 Å². The summed E-state index contributed by atoms with van der Waals surface area (Å²) < 4.78 is 6.32. The van der Waals surface area contributed by atoms with Gasteiger partial charge in [-0.1, -0.05) is 32.3 Å². The minimum Gasteiger partial charge on any atom is -0.377 e. The molecule has 0 amide bonds. The van der Waals surface area contributed by atoms with Crippen molar-refractivity contribution < 1.29 is 4.74 Å². The van der Waals surface area contributed by atoms with Crippen LogP contribution in [-0.4, -0.2) is 25.3 Å². The van der Waals surface area contributed by atoms with Gasteiger partial charge in [-0.25, -0.2) is 0 Å². The standard InChI is InChI=1S/C18H29NOS/c1-2-11-19-16-14-17(18(16)9-4-3-5-10-18)20-12-8-15-7-6-13-21-15/h6-7,13,16-17,19H,2-5,8-12,14H2,1H3. The van der Waals surface area contributed by atoms with Crippen molar-refractivity contribution >= 4 is 11.3 Å². The van der Waals surface area contributed by atoms with Gasteiger partial charge in [-0.05, 0) is 43.7 Å². The molecule has 2 aliphatic rings. The van der Waals surface area contributed by atoms with E-state index in [1.165, 1.54) is 49.8 Å². The molecule has 2 fully saturated rings. The summed E-state index contributed by atoms with van der Waals surface area (Å²) in [5.74, 6) is 0. The Balaban J connectivity index is 1.52. The van der Waals surface area contributed by atoms with Crippen molar-refractivity contribution in [2.75, 3.05) is 13.2 Å². The molecule has 118 valence electrons. The van der Waals surface area contributed by atoms with Crippen LogP contribution in [-0.2, 0) is 11.2 Å². The Labute approximate surface area is 133 Å². The lowest BCUT2D eigenvalue weighted by atomic mass is 9.55. The van der Waals surface area contributed by atoms with Gasteiger partial charge in [0.1, 0.15) is 0 Å². The van der Waals surface area contributed by atoms with E-state index < -0.39 is 0 Å². The van der Waals surface area contributed by atoms with Crippen molar-refractivity contribution in [2.45, 2.75) is 70.4 Å². The lowest BCUT2D eigenvalue weighted by Crippen LogP contribution is -2.64. The van der Waals surface area contributed by atoms with Crippen LogP contribution in [0.4, 0.5) is 0 Å². The van der Waals surface area contributed by atoms with Crippen LogP contribution in [0.1, 0.15) is 56.7 Å². The fourth-order valence-electron chi connectivity index (χ4n) is 4.22. The largest absolute Gasteiger partial charge is 0.377 e. The van der Waals surface area contributed by atoms with Gasteiger partial charge >= 0.3 is 0 Å². The molecule has 3 rings (SSSR count). The van der Waals surface area contributed by atoms with Gasteiger partial charge < -0.3 is 10.1 Å². The average molecular weight is 308 g/mol. The second-order valence-electron chi connectivity index (χ2n) is 6.73. The van der Waals surface area contributed by atoms with Gasteiger partial charge in [-0.15, -0.1) is 11.3 Å². The number of nitrogens with one attached hydrogen (secondary N) is 1. The lowest BCUT2D eigenvalue weighted by molar-refractivity contribution is -0.151. The first kappa shape index (κ1) is 15.5. The molecule has 0 aliphatic heterocycles. The van der Waals surface area contributed by atoms with Crippen molar-refractivity contribution in [1.29, 1.82) is 0 Å². The molecule has 2 atom stereocenters. The van der Waals surface area contributed by atoms with Crippen molar-refractivity contribution in [2.24, 2.45) is 5.41 Å². The molecule has 1 N–H and O–H groups in total. The van der Waals surface area contributed by atoms with E-state index in [-0.39, 0.29) is 0 Å². The summed E-state index contributed by atoms with van der Waals surface area (Å²) in [5, 5.41) is 5.94. The predicted octanol–water partition coefficient (Wildman–Crippen LogP) is 4.40. The summed E-state index contributed by atoms with van der Waals surface area (Å²) in [4.78, 5) is 1.45. The van der Waals surface area contributed by atoms with Gasteiger partial charge in [0.2, 0.25) is 0 Å². The first-order valence-corrected chi connectivity index (χ1v) is 9.60. The van der Waals surface area contributed by atoms with E-state index in [9.17, 15) is 0 Å². The number of rotatable bonds is 7. The number of ether oxygens (including phenoxy) is 1. The highest BCUT2D eigenvalue weighted by Crippen LogP contribution is 2.53. The van der Waals surface area contributed by atoms with Crippen LogP contribution in [0, 0.1) is 5.41 Å². The van der Waals surface area contributed by atoms with Crippen molar-refractivity contribution in [3.63, 3.8) is 0 Å². The van der Waals surface area contributed by atoms with E-state index in [4.69, 9.17) is 4.74 Å². The third-order valence-corrected chi connectivity index (χ3v) is 6.39. The van der Waals surface area contributed by atoms with E-state index in [1.54, 1.807) is 0 Å². The van der Waals surface area contributed by atoms with Crippen LogP contribution >= 0.6 is 11.3 Å². The second-order valence-corrected chi connectivity index (χ2v) is 7.76. The number of hydrogen-bond acceptors (Lipinski definition) is 3. The summed E-state index contributed by atoms with van der Waals surface area (Å²) in [5.41, 5.74) is 0.461. The molecule has 1 spiro atoms. The van der Waals surface area contributed by atoms with Gasteiger partial charge in [-0.2, -0.15) is 0 Å². The monoisotopic (exact) mass is 307 g/mol. The Morgan fingerprint density at radius 3 is 2.90 bits per heavy atom. The molecule has 0 aromatic carbocycles. The van der Waals surface area contributed by atoms with Gasteiger partial charge in [0, 0.05) is 22.8 Å². The summed E-state index contributed by atoms with van der Waals surface area (Å²) in [6.45, 7) is 4.32. The normalized spacial score (nSPS) is 27.7. The first-order valence-electron chi connectivity index (χ1n) is 8.72. The minimum atomic E-state index is 0.461. The van der Waals surface area contributed by atoms with Crippen LogP contribution in [0.2, 0.25) is 0 Å². The molecule has 3 heteroatoms. The third kappa shape index (κ3) is 3.35. The Kier molecular flexibility index (Phi) is 5.36. The SMILES string of the molecule is CCCNC1CC(OCCc2cccs2)C12CCCCC2. The Hall–Kier alpha value is -0.380. The Bertz CT molecular complexity index is 411. The summed E-state index contributed by atoms with van der Waals surface area (Å²) in [7, 11) is 0. The molecule has 1 aromatic heterocycles. The zero-order valence-corrected chi connectivity index (χ0v) is 14.1. The molecule has 0 radical (unpaired) electrons. The van der Waals surface area contributed by atoms with Crippen molar-refractivity contribution in [3.8, 4) is 0 Å². The quantitative estimate of drug-likeness (QED) is 0.806. The van der Waals surface area contributed by atoms with E-state index in [0.29, 0.717) is 17.6 Å². The molecule has 21 heavy (non-hydrogen) atoms. The highest BCUT2D eigenvalue weighted by atomic mass is 32.1. The smallest absolute Gasteiger partial charge is 0.0661 e. The maximum absolute atomic E-state index is 6.32. The Morgan fingerprint density at radius 2 is 2.19 bits per heavy atom. The van der Waals surface area contributed by atoms with E-state index >= 15 is 0 Å². The van der Waals surface area contributed by atoms with Crippen molar-refractivity contribution in [1.82, 2.24) is 5.32 Å². The first-order chi connectivity index (χ1) is 10.3. The molecule has 2 unspecified atom stereocenters. The van der Waals surface area contributed by atoms with Crippen LogP contribution in [0.3, 0.4) is 0 Å². The van der Waals surface area contributed by atoms with E-state index in [2.05, 4.69) is 29.8 Å². The highest BCUT2D eigenvalue weighted by molar-refractivity contribution is 7.09. The zero-order valence-electron chi connectivity index (χ0n) is 13.3. The molecule has 2 aliphatic carbocycles. The average Bonchev–Trinajstić information content (AvgIpc) is 3.03. The topological polar surface area (TPSA) is 21.3 Å². The highest BCUT2D eigenvalue weighted by Gasteiger charge is 2.55. The van der Waals surface area contributed by atoms with Gasteiger partial charge in [0.05, 0.1) is 12.7 Å². The van der Waals surface area contributed by atoms with E-state index in [1.807, 2.05) is 11.3 Å². The number of hydrogen-bond donors (Lipinski definition) is 1. The summed E-state index contributed by atoms with van der Waals surface area (Å²) in [6, 6.07) is 5.07. The fraction of sp³-hybridized carbons (Fsp3) is 0.778. The zero-order chi connectivity index (χ0) is 14.5. The van der Waals surface area contributed by atoms with Crippen LogP contribution in [0.5, 0.6) is 0 Å². The molecule has 2 nitrogen and oxygen atoms in total. The molecule has 0 saturated heterocycles. The molecule has 1 aromatic rings. The molecule has 2 saturated carbocycles. The van der Waals surface area contributed by atoms with Crippen LogP contribution < -0.4 is 5.32 Å². The van der Waals surface area contributed by atoms with Gasteiger partial charge in [-0.3, -0.25) is 0 Å². The third-order valence-electron chi connectivity index (χ3n) is 5.46. The van der Waals surface area contributed by atoms with Crippen LogP contribution in [0.25, 0.3) is 0 Å². The maximum atomic E-state index is 6.32. The van der Waals surface area contributed by atoms with Gasteiger partial charge in [0.25, 0.3) is 0 Å². The predicted molar refractivity (Wildman–Crippen MR) is 90.0 cm³/mol. The Morgan fingerprint density at radius 1 is 1.33 bits per heavy atom. The summed E-state index contributed by atoms with van der Waals surface area (Å²) in [6.07, 6.45) is 11.0. The number of thiophene rings is 1. The molecule has 0 bridgehead atoms. The van der Waals surface area contributed by atoms with Gasteiger partial charge in [0.15, 0.2) is 0 Å². The minimum absolute atomic E-state index is 0.461. The fourth-order valence-corrected chi connectivity index (χ4v) is 4.91. The summed E-state index contributed by atoms with van der Waals surface area (Å²) >= 11 is 1.85. The second kappa shape index (κ2) is 7.26. The molecule has 1 heterocycles. The maximum Gasteiger partial charge on any atom is 0.0661 e. The van der Waals surface area contributed by atoms with Crippen molar-refractivity contribution in [3.05, 3.63) is 22.4 Å². The molecular formula is C18H29NOS. The van der Waals surface area contributed by atoms with Crippen LogP contribution in [0.15, 0.2) is 17.5 Å².